The van der Waals surface area contributed by atoms with Gasteiger partial charge in [0, 0.05) is 19.3 Å². The molecule has 114 valence electrons. The average molecular weight is 321 g/mol. The fourth-order valence-corrected chi connectivity index (χ4v) is 2.04. The summed E-state index contributed by atoms with van der Waals surface area (Å²) in [5.41, 5.74) is 1.17. The van der Waals surface area contributed by atoms with E-state index in [1.807, 2.05) is 30.3 Å². The summed E-state index contributed by atoms with van der Waals surface area (Å²) in [6.45, 7) is 0.317. The lowest BCUT2D eigenvalue weighted by molar-refractivity contribution is -0.142. The number of nitrogens with zero attached hydrogens (tertiary/aromatic N) is 1. The highest BCUT2D eigenvalue weighted by molar-refractivity contribution is 6.39. The van der Waals surface area contributed by atoms with Gasteiger partial charge in [-0.2, -0.15) is 0 Å². The van der Waals surface area contributed by atoms with Crippen LogP contribution in [0.4, 0.5) is 10.1 Å². The highest BCUT2D eigenvalue weighted by Gasteiger charge is 2.19. The molecule has 0 aliphatic rings. The first-order chi connectivity index (χ1) is 10.5. The lowest BCUT2D eigenvalue weighted by Gasteiger charge is -2.16. The summed E-state index contributed by atoms with van der Waals surface area (Å²) in [6, 6.07) is 13.0. The van der Waals surface area contributed by atoms with Crippen molar-refractivity contribution in [2.24, 2.45) is 0 Å². The molecule has 0 atom stereocenters. The molecule has 2 amide bonds. The van der Waals surface area contributed by atoms with Crippen LogP contribution in [0.2, 0.25) is 5.02 Å². The zero-order valence-electron chi connectivity index (χ0n) is 11.8. The second kappa shape index (κ2) is 7.04. The molecule has 0 aromatic heterocycles. The zero-order chi connectivity index (χ0) is 16.1. The first-order valence-corrected chi connectivity index (χ1v) is 6.90. The van der Waals surface area contributed by atoms with Gasteiger partial charge in [0.1, 0.15) is 5.82 Å². The van der Waals surface area contributed by atoms with Crippen molar-refractivity contribution < 1.29 is 14.0 Å². The van der Waals surface area contributed by atoms with Gasteiger partial charge in [0.05, 0.1) is 5.02 Å². The van der Waals surface area contributed by atoms with Crippen molar-refractivity contribution in [3.63, 3.8) is 0 Å². The number of rotatable bonds is 3. The summed E-state index contributed by atoms with van der Waals surface area (Å²) in [4.78, 5) is 25.2. The number of nitrogens with one attached hydrogen (secondary N) is 1. The van der Waals surface area contributed by atoms with Gasteiger partial charge in [0.15, 0.2) is 0 Å². The molecular formula is C16H14ClFN2O2. The summed E-state index contributed by atoms with van der Waals surface area (Å²) >= 11 is 5.63. The predicted octanol–water partition coefficient (Wildman–Crippen LogP) is 3.08. The van der Waals surface area contributed by atoms with Crippen LogP contribution in [-0.4, -0.2) is 23.8 Å². The zero-order valence-corrected chi connectivity index (χ0v) is 12.6. The van der Waals surface area contributed by atoms with Crippen LogP contribution in [0.3, 0.4) is 0 Å². The van der Waals surface area contributed by atoms with Crippen LogP contribution >= 0.6 is 11.6 Å². The standard InChI is InChI=1S/C16H14ClFN2O2/c1-20(10-11-5-3-2-4-6-11)16(22)15(21)19-12-7-8-14(18)13(17)9-12/h2-9H,10H2,1H3,(H,19,21). The van der Waals surface area contributed by atoms with Gasteiger partial charge in [-0.15, -0.1) is 0 Å². The quantitative estimate of drug-likeness (QED) is 0.884. The van der Waals surface area contributed by atoms with E-state index in [4.69, 9.17) is 11.6 Å². The third kappa shape index (κ3) is 4.05. The topological polar surface area (TPSA) is 49.4 Å². The van der Waals surface area contributed by atoms with Gasteiger partial charge in [0.25, 0.3) is 0 Å². The van der Waals surface area contributed by atoms with E-state index < -0.39 is 17.6 Å². The van der Waals surface area contributed by atoms with Crippen molar-refractivity contribution in [1.82, 2.24) is 4.90 Å². The molecule has 0 heterocycles. The van der Waals surface area contributed by atoms with Crippen LogP contribution in [0.25, 0.3) is 0 Å². The van der Waals surface area contributed by atoms with E-state index in [1.54, 1.807) is 0 Å². The number of carbonyl (C=O) groups excluding carboxylic acids is 2. The number of carbonyl (C=O) groups is 2. The third-order valence-electron chi connectivity index (χ3n) is 2.98. The Morgan fingerprint density at radius 2 is 1.86 bits per heavy atom. The third-order valence-corrected chi connectivity index (χ3v) is 3.27. The van der Waals surface area contributed by atoms with Gasteiger partial charge < -0.3 is 10.2 Å². The molecule has 0 saturated carbocycles. The normalized spacial score (nSPS) is 10.1. The summed E-state index contributed by atoms with van der Waals surface area (Å²) in [6.07, 6.45) is 0. The maximum atomic E-state index is 13.0. The molecule has 0 bridgehead atoms. The van der Waals surface area contributed by atoms with Crippen LogP contribution in [0, 0.1) is 5.82 Å². The SMILES string of the molecule is CN(Cc1ccccc1)C(=O)C(=O)Nc1ccc(F)c(Cl)c1. The Bertz CT molecular complexity index is 692. The van der Waals surface area contributed by atoms with Crippen LogP contribution in [0.5, 0.6) is 0 Å². The lowest BCUT2D eigenvalue weighted by atomic mass is 10.2. The number of anilines is 1. The number of likely N-dealkylation sites (N-methyl/N-ethyl adjacent to an activating group) is 1. The second-order valence-electron chi connectivity index (χ2n) is 4.73. The number of hydrogen-bond acceptors (Lipinski definition) is 2. The molecule has 6 heteroatoms. The number of benzene rings is 2. The predicted molar refractivity (Wildman–Crippen MR) is 83.0 cm³/mol. The molecule has 0 fully saturated rings. The van der Waals surface area contributed by atoms with Gasteiger partial charge >= 0.3 is 11.8 Å². The summed E-state index contributed by atoms with van der Waals surface area (Å²) in [7, 11) is 1.53. The van der Waals surface area contributed by atoms with Crippen LogP contribution in [0.15, 0.2) is 48.5 Å². The van der Waals surface area contributed by atoms with Gasteiger partial charge in [-0.05, 0) is 23.8 Å². The Morgan fingerprint density at radius 1 is 1.18 bits per heavy atom. The van der Waals surface area contributed by atoms with E-state index in [2.05, 4.69) is 5.32 Å². The average Bonchev–Trinajstić information content (AvgIpc) is 2.51. The minimum atomic E-state index is -0.805. The minimum absolute atomic E-state index is 0.122. The van der Waals surface area contributed by atoms with Gasteiger partial charge in [-0.3, -0.25) is 9.59 Å². The highest BCUT2D eigenvalue weighted by atomic mass is 35.5. The van der Waals surface area contributed by atoms with E-state index in [-0.39, 0.29) is 10.7 Å². The van der Waals surface area contributed by atoms with Crippen molar-refractivity contribution in [2.75, 3.05) is 12.4 Å². The molecule has 2 aromatic rings. The van der Waals surface area contributed by atoms with Crippen molar-refractivity contribution in [2.45, 2.75) is 6.54 Å². The fraction of sp³-hybridized carbons (Fsp3) is 0.125. The van der Waals surface area contributed by atoms with Crippen LogP contribution < -0.4 is 5.32 Å². The smallest absolute Gasteiger partial charge is 0.313 e. The molecule has 0 aliphatic heterocycles. The Balaban J connectivity index is 1.99. The number of halogens is 2. The highest BCUT2D eigenvalue weighted by Crippen LogP contribution is 2.19. The maximum Gasteiger partial charge on any atom is 0.313 e. The van der Waals surface area contributed by atoms with Gasteiger partial charge in [-0.1, -0.05) is 41.9 Å². The minimum Gasteiger partial charge on any atom is -0.333 e. The largest absolute Gasteiger partial charge is 0.333 e. The maximum absolute atomic E-state index is 13.0. The van der Waals surface area contributed by atoms with Gasteiger partial charge in [0.2, 0.25) is 0 Å². The van der Waals surface area contributed by atoms with Crippen molar-refractivity contribution in [3.8, 4) is 0 Å². The Kier molecular flexibility index (Phi) is 5.12. The van der Waals surface area contributed by atoms with E-state index in [0.717, 1.165) is 11.6 Å². The molecule has 0 radical (unpaired) electrons. The second-order valence-corrected chi connectivity index (χ2v) is 5.14. The fourth-order valence-electron chi connectivity index (χ4n) is 1.86. The molecule has 0 spiro atoms. The molecule has 4 nitrogen and oxygen atoms in total. The van der Waals surface area contributed by atoms with E-state index in [1.165, 1.54) is 24.1 Å². The van der Waals surface area contributed by atoms with E-state index in [9.17, 15) is 14.0 Å². The molecular weight excluding hydrogens is 307 g/mol. The molecule has 0 unspecified atom stereocenters. The molecule has 1 N–H and O–H groups in total. The van der Waals surface area contributed by atoms with Crippen molar-refractivity contribution in [3.05, 3.63) is 64.9 Å². The first kappa shape index (κ1) is 16.0. The summed E-state index contributed by atoms with van der Waals surface area (Å²) in [5, 5.41) is 2.27. The number of amides is 2. The summed E-state index contributed by atoms with van der Waals surface area (Å²) < 4.78 is 13.0. The molecule has 2 rings (SSSR count). The van der Waals surface area contributed by atoms with Crippen LogP contribution in [-0.2, 0) is 16.1 Å². The van der Waals surface area contributed by atoms with E-state index in [0.29, 0.717) is 6.54 Å². The van der Waals surface area contributed by atoms with Crippen molar-refractivity contribution >= 4 is 29.1 Å². The molecule has 22 heavy (non-hydrogen) atoms. The Hall–Kier alpha value is -2.40. The van der Waals surface area contributed by atoms with Crippen LogP contribution in [0.1, 0.15) is 5.56 Å². The van der Waals surface area contributed by atoms with Crippen molar-refractivity contribution in [1.29, 1.82) is 0 Å². The number of hydrogen-bond donors (Lipinski definition) is 1. The molecule has 2 aromatic carbocycles. The monoisotopic (exact) mass is 320 g/mol. The Labute approximate surface area is 132 Å². The lowest BCUT2D eigenvalue weighted by Crippen LogP contribution is -2.36. The summed E-state index contributed by atoms with van der Waals surface area (Å²) in [5.74, 6) is -2.09. The van der Waals surface area contributed by atoms with E-state index >= 15 is 0 Å². The molecule has 0 aliphatic carbocycles. The Morgan fingerprint density at radius 3 is 2.50 bits per heavy atom. The molecule has 0 saturated heterocycles. The first-order valence-electron chi connectivity index (χ1n) is 6.53. The van der Waals surface area contributed by atoms with Gasteiger partial charge in [-0.25, -0.2) is 4.39 Å².